The third-order valence-corrected chi connectivity index (χ3v) is 3.47. The second-order valence-corrected chi connectivity index (χ2v) is 5.41. The van der Waals surface area contributed by atoms with E-state index in [4.69, 9.17) is 5.73 Å². The average Bonchev–Trinajstić information content (AvgIpc) is 2.29. The number of amides is 1. The van der Waals surface area contributed by atoms with Crippen molar-refractivity contribution in [2.45, 2.75) is 44.6 Å². The lowest BCUT2D eigenvalue weighted by Gasteiger charge is -2.25. The molecule has 1 amide bonds. The Bertz CT molecular complexity index is 223. The minimum atomic E-state index is 0.212. The Morgan fingerprint density at radius 1 is 1.24 bits per heavy atom. The minimum Gasteiger partial charge on any atom is -0.356 e. The summed E-state index contributed by atoms with van der Waals surface area (Å²) in [5.74, 6) is 0.449. The number of nitrogens with one attached hydrogen (secondary N) is 1. The van der Waals surface area contributed by atoms with Gasteiger partial charge in [-0.05, 0) is 59.2 Å². The Balaban J connectivity index is 2.05. The standard InChI is InChI=1S/C13H27N3O/c1-16(2)10-4-3-9-15-13(17)11-5-7-12(14)8-6-11/h11-12H,3-10,14H2,1-2H3,(H,15,17). The molecule has 3 N–H and O–H groups in total. The lowest BCUT2D eigenvalue weighted by molar-refractivity contribution is -0.126. The topological polar surface area (TPSA) is 58.4 Å². The quantitative estimate of drug-likeness (QED) is 0.681. The SMILES string of the molecule is CN(C)CCCCNC(=O)C1CCC(N)CC1. The van der Waals surface area contributed by atoms with E-state index in [-0.39, 0.29) is 11.8 Å². The van der Waals surface area contributed by atoms with Gasteiger partial charge in [-0.25, -0.2) is 0 Å². The van der Waals surface area contributed by atoms with Crippen molar-refractivity contribution in [1.29, 1.82) is 0 Å². The molecule has 0 heterocycles. The van der Waals surface area contributed by atoms with Crippen molar-refractivity contribution >= 4 is 5.91 Å². The lowest BCUT2D eigenvalue weighted by atomic mass is 9.86. The van der Waals surface area contributed by atoms with Gasteiger partial charge in [-0.3, -0.25) is 4.79 Å². The van der Waals surface area contributed by atoms with Gasteiger partial charge in [0.05, 0.1) is 0 Å². The van der Waals surface area contributed by atoms with Crippen LogP contribution in [0.15, 0.2) is 0 Å². The second kappa shape index (κ2) is 7.67. The van der Waals surface area contributed by atoms with Gasteiger partial charge in [0.1, 0.15) is 0 Å². The molecule has 1 aliphatic rings. The van der Waals surface area contributed by atoms with Gasteiger partial charge in [-0.1, -0.05) is 0 Å². The summed E-state index contributed by atoms with van der Waals surface area (Å²) in [7, 11) is 4.15. The Hall–Kier alpha value is -0.610. The number of nitrogens with zero attached hydrogens (tertiary/aromatic N) is 1. The van der Waals surface area contributed by atoms with Crippen LogP contribution >= 0.6 is 0 Å². The monoisotopic (exact) mass is 241 g/mol. The van der Waals surface area contributed by atoms with Gasteiger partial charge in [-0.2, -0.15) is 0 Å². The second-order valence-electron chi connectivity index (χ2n) is 5.41. The molecule has 17 heavy (non-hydrogen) atoms. The van der Waals surface area contributed by atoms with Gasteiger partial charge < -0.3 is 16.0 Å². The van der Waals surface area contributed by atoms with Crippen molar-refractivity contribution in [2.24, 2.45) is 11.7 Å². The predicted molar refractivity (Wildman–Crippen MR) is 70.7 cm³/mol. The molecule has 1 rings (SSSR count). The number of carbonyl (C=O) groups excluding carboxylic acids is 1. The minimum absolute atomic E-state index is 0.212. The largest absolute Gasteiger partial charge is 0.356 e. The van der Waals surface area contributed by atoms with Crippen LogP contribution in [0.1, 0.15) is 38.5 Å². The zero-order valence-electron chi connectivity index (χ0n) is 11.2. The fourth-order valence-corrected chi connectivity index (χ4v) is 2.29. The molecule has 1 fully saturated rings. The molecule has 0 aromatic heterocycles. The first-order valence-corrected chi connectivity index (χ1v) is 6.77. The van der Waals surface area contributed by atoms with E-state index < -0.39 is 0 Å². The summed E-state index contributed by atoms with van der Waals surface area (Å²) in [6, 6.07) is 0.319. The molecule has 0 spiro atoms. The van der Waals surface area contributed by atoms with E-state index in [0.29, 0.717) is 6.04 Å². The van der Waals surface area contributed by atoms with Crippen molar-refractivity contribution in [3.05, 3.63) is 0 Å². The molecule has 0 radical (unpaired) electrons. The summed E-state index contributed by atoms with van der Waals surface area (Å²) in [5, 5.41) is 3.04. The van der Waals surface area contributed by atoms with Crippen LogP contribution in [0.5, 0.6) is 0 Å². The Morgan fingerprint density at radius 2 is 1.88 bits per heavy atom. The van der Waals surface area contributed by atoms with Crippen LogP contribution in [0.3, 0.4) is 0 Å². The summed E-state index contributed by atoms with van der Waals surface area (Å²) < 4.78 is 0. The van der Waals surface area contributed by atoms with E-state index in [0.717, 1.165) is 51.6 Å². The molecule has 0 unspecified atom stereocenters. The van der Waals surface area contributed by atoms with Crippen LogP contribution in [-0.4, -0.2) is 44.0 Å². The van der Waals surface area contributed by atoms with Crippen LogP contribution in [0.25, 0.3) is 0 Å². The van der Waals surface area contributed by atoms with Gasteiger partial charge >= 0.3 is 0 Å². The van der Waals surface area contributed by atoms with E-state index in [1.54, 1.807) is 0 Å². The molecule has 4 nitrogen and oxygen atoms in total. The van der Waals surface area contributed by atoms with Gasteiger partial charge in [0.25, 0.3) is 0 Å². The van der Waals surface area contributed by atoms with Gasteiger partial charge in [0, 0.05) is 18.5 Å². The van der Waals surface area contributed by atoms with Gasteiger partial charge in [0.15, 0.2) is 0 Å². The Labute approximate surface area is 105 Å². The number of rotatable bonds is 6. The van der Waals surface area contributed by atoms with Gasteiger partial charge in [-0.15, -0.1) is 0 Å². The third kappa shape index (κ3) is 6.03. The molecule has 4 heteroatoms. The molecule has 0 saturated heterocycles. The maximum absolute atomic E-state index is 11.8. The highest BCUT2D eigenvalue weighted by molar-refractivity contribution is 5.78. The first-order chi connectivity index (χ1) is 8.09. The molecule has 0 bridgehead atoms. The summed E-state index contributed by atoms with van der Waals surface area (Å²) in [6.45, 7) is 1.91. The fraction of sp³-hybridized carbons (Fsp3) is 0.923. The number of nitrogens with two attached hydrogens (primary N) is 1. The van der Waals surface area contributed by atoms with Crippen molar-refractivity contribution < 1.29 is 4.79 Å². The number of hydrogen-bond acceptors (Lipinski definition) is 3. The highest BCUT2D eigenvalue weighted by Gasteiger charge is 2.23. The molecule has 100 valence electrons. The summed E-state index contributed by atoms with van der Waals surface area (Å²) in [6.07, 6.45) is 6.13. The first kappa shape index (κ1) is 14.5. The van der Waals surface area contributed by atoms with Crippen molar-refractivity contribution in [3.63, 3.8) is 0 Å². The number of unbranched alkanes of at least 4 members (excludes halogenated alkanes) is 1. The average molecular weight is 241 g/mol. The maximum atomic E-state index is 11.8. The van der Waals surface area contributed by atoms with Gasteiger partial charge in [0.2, 0.25) is 5.91 Å². The Morgan fingerprint density at radius 3 is 2.47 bits per heavy atom. The van der Waals surface area contributed by atoms with E-state index in [2.05, 4.69) is 24.3 Å². The zero-order chi connectivity index (χ0) is 12.7. The molecule has 0 aliphatic heterocycles. The van der Waals surface area contributed by atoms with E-state index >= 15 is 0 Å². The van der Waals surface area contributed by atoms with E-state index in [1.165, 1.54) is 0 Å². The number of carbonyl (C=O) groups is 1. The molecular weight excluding hydrogens is 214 g/mol. The normalized spacial score (nSPS) is 24.9. The zero-order valence-corrected chi connectivity index (χ0v) is 11.2. The van der Waals surface area contributed by atoms with Crippen LogP contribution in [0, 0.1) is 5.92 Å². The summed E-state index contributed by atoms with van der Waals surface area (Å²) in [4.78, 5) is 14.0. The van der Waals surface area contributed by atoms with Crippen LogP contribution < -0.4 is 11.1 Å². The molecule has 0 aromatic carbocycles. The van der Waals surface area contributed by atoms with Crippen LogP contribution in [0.2, 0.25) is 0 Å². The third-order valence-electron chi connectivity index (χ3n) is 3.47. The van der Waals surface area contributed by atoms with E-state index in [1.807, 2.05) is 0 Å². The summed E-state index contributed by atoms with van der Waals surface area (Å²) in [5.41, 5.74) is 5.83. The molecule has 1 aliphatic carbocycles. The molecular formula is C13H27N3O. The summed E-state index contributed by atoms with van der Waals surface area (Å²) >= 11 is 0. The highest BCUT2D eigenvalue weighted by atomic mass is 16.1. The smallest absolute Gasteiger partial charge is 0.223 e. The lowest BCUT2D eigenvalue weighted by Crippen LogP contribution is -2.36. The van der Waals surface area contributed by atoms with E-state index in [9.17, 15) is 4.79 Å². The molecule has 0 aromatic rings. The van der Waals surface area contributed by atoms with Crippen molar-refractivity contribution in [3.8, 4) is 0 Å². The molecule has 0 atom stereocenters. The first-order valence-electron chi connectivity index (χ1n) is 6.77. The van der Waals surface area contributed by atoms with Crippen molar-refractivity contribution in [2.75, 3.05) is 27.2 Å². The van der Waals surface area contributed by atoms with Crippen molar-refractivity contribution in [1.82, 2.24) is 10.2 Å². The van der Waals surface area contributed by atoms with Crippen LogP contribution in [-0.2, 0) is 4.79 Å². The Kier molecular flexibility index (Phi) is 6.52. The fourth-order valence-electron chi connectivity index (χ4n) is 2.29. The predicted octanol–water partition coefficient (Wildman–Crippen LogP) is 0.962. The highest BCUT2D eigenvalue weighted by Crippen LogP contribution is 2.23. The molecule has 1 saturated carbocycles. The maximum Gasteiger partial charge on any atom is 0.223 e. The number of hydrogen-bond donors (Lipinski definition) is 2. The van der Waals surface area contributed by atoms with Crippen LogP contribution in [0.4, 0.5) is 0 Å².